The van der Waals surface area contributed by atoms with Crippen LogP contribution < -0.4 is 0 Å². The minimum atomic E-state index is -0.568. The maximum atomic E-state index is 9.16. The lowest BCUT2D eigenvalue weighted by Crippen LogP contribution is -1.95. The highest BCUT2D eigenvalue weighted by molar-refractivity contribution is 9.10. The monoisotopic (exact) mass is 235 g/mol. The van der Waals surface area contributed by atoms with Crippen molar-refractivity contribution < 1.29 is 5.11 Å². The normalized spacial score (nSPS) is 13.1. The summed E-state index contributed by atoms with van der Waals surface area (Å²) in [6, 6.07) is 1.70. The molecule has 0 radical (unpaired) electrons. The molecular weight excluding hydrogens is 229 g/mol. The van der Waals surface area contributed by atoms with E-state index in [1.165, 1.54) is 6.20 Å². The van der Waals surface area contributed by atoms with Crippen molar-refractivity contribution in [3.63, 3.8) is 0 Å². The van der Waals surface area contributed by atoms with E-state index in [2.05, 4.69) is 20.9 Å². The van der Waals surface area contributed by atoms with Gasteiger partial charge in [0, 0.05) is 10.7 Å². The molecule has 0 aliphatic heterocycles. The molecule has 0 saturated carbocycles. The molecule has 0 saturated heterocycles. The maximum absolute atomic E-state index is 9.16. The summed E-state index contributed by atoms with van der Waals surface area (Å²) in [7, 11) is 0. The van der Waals surface area contributed by atoms with Gasteiger partial charge in [-0.25, -0.2) is 0 Å². The standard InChI is InChI=1S/C7H7BrClNO/c1-4(11)7-6(8)2-5(9)3-10-7/h2-4,11H,1H3/t4-/m0/s1. The first kappa shape index (κ1) is 8.97. The third kappa shape index (κ3) is 2.15. The topological polar surface area (TPSA) is 33.1 Å². The molecular formula is C7H7BrClNO. The summed E-state index contributed by atoms with van der Waals surface area (Å²) in [5.41, 5.74) is 0.606. The van der Waals surface area contributed by atoms with Gasteiger partial charge in [0.05, 0.1) is 16.8 Å². The number of hydrogen-bond acceptors (Lipinski definition) is 2. The highest BCUT2D eigenvalue weighted by Gasteiger charge is 2.06. The van der Waals surface area contributed by atoms with E-state index >= 15 is 0 Å². The minimum Gasteiger partial charge on any atom is -0.387 e. The molecule has 2 nitrogen and oxygen atoms in total. The first-order valence-electron chi connectivity index (χ1n) is 3.10. The van der Waals surface area contributed by atoms with E-state index in [1.54, 1.807) is 13.0 Å². The van der Waals surface area contributed by atoms with Gasteiger partial charge in [-0.15, -0.1) is 0 Å². The molecule has 0 bridgehead atoms. The van der Waals surface area contributed by atoms with Crippen molar-refractivity contribution in [1.82, 2.24) is 4.98 Å². The first-order chi connectivity index (χ1) is 5.11. The van der Waals surface area contributed by atoms with Gasteiger partial charge in [-0.3, -0.25) is 4.98 Å². The van der Waals surface area contributed by atoms with Crippen LogP contribution in [-0.4, -0.2) is 10.1 Å². The smallest absolute Gasteiger partial charge is 0.0943 e. The van der Waals surface area contributed by atoms with E-state index in [1.807, 2.05) is 0 Å². The second kappa shape index (κ2) is 3.52. The van der Waals surface area contributed by atoms with Crippen LogP contribution in [-0.2, 0) is 0 Å². The van der Waals surface area contributed by atoms with E-state index in [-0.39, 0.29) is 0 Å². The molecule has 1 rings (SSSR count). The summed E-state index contributed by atoms with van der Waals surface area (Å²) in [5.74, 6) is 0. The van der Waals surface area contributed by atoms with Gasteiger partial charge in [-0.1, -0.05) is 11.6 Å². The Labute approximate surface area is 78.3 Å². The lowest BCUT2D eigenvalue weighted by atomic mass is 10.2. The van der Waals surface area contributed by atoms with Gasteiger partial charge in [0.2, 0.25) is 0 Å². The second-order valence-corrected chi connectivity index (χ2v) is 3.49. The molecule has 1 atom stereocenters. The summed E-state index contributed by atoms with van der Waals surface area (Å²) in [6.45, 7) is 1.65. The minimum absolute atomic E-state index is 0.557. The molecule has 0 aromatic carbocycles. The fourth-order valence-electron chi connectivity index (χ4n) is 0.733. The fourth-order valence-corrected chi connectivity index (χ4v) is 1.70. The third-order valence-electron chi connectivity index (χ3n) is 1.23. The molecule has 0 fully saturated rings. The lowest BCUT2D eigenvalue weighted by Gasteiger charge is -2.05. The second-order valence-electron chi connectivity index (χ2n) is 2.20. The Morgan fingerprint density at radius 2 is 2.36 bits per heavy atom. The summed E-state index contributed by atoms with van der Waals surface area (Å²) < 4.78 is 0.736. The molecule has 1 N–H and O–H groups in total. The average molecular weight is 236 g/mol. The molecule has 0 spiro atoms. The maximum Gasteiger partial charge on any atom is 0.0943 e. The number of hydrogen-bond donors (Lipinski definition) is 1. The van der Waals surface area contributed by atoms with E-state index in [4.69, 9.17) is 16.7 Å². The van der Waals surface area contributed by atoms with Crippen molar-refractivity contribution in [2.24, 2.45) is 0 Å². The number of pyridine rings is 1. The van der Waals surface area contributed by atoms with E-state index in [0.29, 0.717) is 10.7 Å². The highest BCUT2D eigenvalue weighted by Crippen LogP contribution is 2.23. The van der Waals surface area contributed by atoms with Gasteiger partial charge in [0.1, 0.15) is 0 Å². The predicted molar refractivity (Wildman–Crippen MR) is 47.6 cm³/mol. The van der Waals surface area contributed by atoms with Gasteiger partial charge < -0.3 is 5.11 Å². The summed E-state index contributed by atoms with van der Waals surface area (Å²) >= 11 is 8.89. The number of aromatic nitrogens is 1. The lowest BCUT2D eigenvalue weighted by molar-refractivity contribution is 0.193. The number of halogens is 2. The molecule has 0 amide bonds. The van der Waals surface area contributed by atoms with Crippen LogP contribution in [0, 0.1) is 0 Å². The van der Waals surface area contributed by atoms with Crippen LogP contribution in [0.1, 0.15) is 18.7 Å². The Morgan fingerprint density at radius 3 is 2.82 bits per heavy atom. The number of rotatable bonds is 1. The van der Waals surface area contributed by atoms with Crippen LogP contribution in [0.5, 0.6) is 0 Å². The Bertz CT molecular complexity index is 265. The van der Waals surface area contributed by atoms with Crippen molar-refractivity contribution in [2.75, 3.05) is 0 Å². The van der Waals surface area contributed by atoms with Crippen LogP contribution in [0.15, 0.2) is 16.7 Å². The molecule has 0 aliphatic rings. The number of aliphatic hydroxyl groups is 1. The molecule has 1 aromatic rings. The van der Waals surface area contributed by atoms with Crippen LogP contribution in [0.2, 0.25) is 5.02 Å². The predicted octanol–water partition coefficient (Wildman–Crippen LogP) is 2.55. The zero-order chi connectivity index (χ0) is 8.43. The summed E-state index contributed by atoms with van der Waals surface area (Å²) in [5, 5.41) is 9.72. The van der Waals surface area contributed by atoms with Crippen LogP contribution >= 0.6 is 27.5 Å². The SMILES string of the molecule is C[C@H](O)c1ncc(Cl)cc1Br. The molecule has 0 aliphatic carbocycles. The van der Waals surface area contributed by atoms with E-state index in [0.717, 1.165) is 4.47 Å². The highest BCUT2D eigenvalue weighted by atomic mass is 79.9. The van der Waals surface area contributed by atoms with Crippen molar-refractivity contribution in [1.29, 1.82) is 0 Å². The van der Waals surface area contributed by atoms with Crippen molar-refractivity contribution in [3.8, 4) is 0 Å². The Balaban J connectivity index is 3.09. The van der Waals surface area contributed by atoms with Crippen molar-refractivity contribution >= 4 is 27.5 Å². The number of nitrogens with zero attached hydrogens (tertiary/aromatic N) is 1. The van der Waals surface area contributed by atoms with Gasteiger partial charge in [0.15, 0.2) is 0 Å². The molecule has 60 valence electrons. The molecule has 0 unspecified atom stereocenters. The first-order valence-corrected chi connectivity index (χ1v) is 4.27. The number of aliphatic hydroxyl groups excluding tert-OH is 1. The van der Waals surface area contributed by atoms with Crippen molar-refractivity contribution in [3.05, 3.63) is 27.5 Å². The zero-order valence-corrected chi connectivity index (χ0v) is 8.22. The Kier molecular flexibility index (Phi) is 2.87. The quantitative estimate of drug-likeness (QED) is 0.813. The van der Waals surface area contributed by atoms with Gasteiger partial charge in [-0.05, 0) is 28.9 Å². The van der Waals surface area contributed by atoms with Gasteiger partial charge in [-0.2, -0.15) is 0 Å². The third-order valence-corrected chi connectivity index (χ3v) is 2.07. The molecule has 11 heavy (non-hydrogen) atoms. The van der Waals surface area contributed by atoms with Gasteiger partial charge in [0.25, 0.3) is 0 Å². The molecule has 1 aromatic heterocycles. The summed E-state index contributed by atoms with van der Waals surface area (Å²) in [4.78, 5) is 3.95. The van der Waals surface area contributed by atoms with E-state index < -0.39 is 6.10 Å². The molecule has 4 heteroatoms. The Morgan fingerprint density at radius 1 is 1.73 bits per heavy atom. The summed E-state index contributed by atoms with van der Waals surface area (Å²) in [6.07, 6.45) is 0.940. The van der Waals surface area contributed by atoms with Gasteiger partial charge >= 0.3 is 0 Å². The Hall–Kier alpha value is -0.120. The largest absolute Gasteiger partial charge is 0.387 e. The van der Waals surface area contributed by atoms with Crippen molar-refractivity contribution in [2.45, 2.75) is 13.0 Å². The average Bonchev–Trinajstić information content (AvgIpc) is 1.85. The van der Waals surface area contributed by atoms with E-state index in [9.17, 15) is 0 Å². The zero-order valence-electron chi connectivity index (χ0n) is 5.88. The molecule has 1 heterocycles. The van der Waals surface area contributed by atoms with Crippen LogP contribution in [0.25, 0.3) is 0 Å². The van der Waals surface area contributed by atoms with Crippen LogP contribution in [0.4, 0.5) is 0 Å². The fraction of sp³-hybridized carbons (Fsp3) is 0.286. The van der Waals surface area contributed by atoms with Crippen LogP contribution in [0.3, 0.4) is 0 Å².